The van der Waals surface area contributed by atoms with Crippen molar-refractivity contribution in [2.24, 2.45) is 11.1 Å². The third-order valence-corrected chi connectivity index (χ3v) is 6.04. The van der Waals surface area contributed by atoms with Gasteiger partial charge in [0.2, 0.25) is 11.8 Å². The SMILES string of the molecule is CN(Cc1ccc2c(c1)C(=O)N(C1CCC(=O)NC1=O)C2)CC1(CN)CC1. The van der Waals surface area contributed by atoms with E-state index in [4.69, 9.17) is 5.73 Å². The highest BCUT2D eigenvalue weighted by Crippen LogP contribution is 2.45. The maximum Gasteiger partial charge on any atom is 0.255 e. The highest BCUT2D eigenvalue weighted by molar-refractivity contribution is 6.05. The van der Waals surface area contributed by atoms with E-state index in [1.54, 1.807) is 4.90 Å². The van der Waals surface area contributed by atoms with Crippen molar-refractivity contribution in [3.63, 3.8) is 0 Å². The third-order valence-electron chi connectivity index (χ3n) is 6.04. The van der Waals surface area contributed by atoms with Gasteiger partial charge in [-0.15, -0.1) is 0 Å². The normalized spacial score (nSPS) is 23.6. The number of carbonyl (C=O) groups is 3. The molecule has 0 spiro atoms. The van der Waals surface area contributed by atoms with E-state index in [0.29, 0.717) is 18.5 Å². The minimum absolute atomic E-state index is 0.121. The first kappa shape index (κ1) is 18.1. The highest BCUT2D eigenvalue weighted by Gasteiger charge is 2.42. The van der Waals surface area contributed by atoms with Crippen molar-refractivity contribution in [1.82, 2.24) is 15.1 Å². The van der Waals surface area contributed by atoms with Crippen molar-refractivity contribution >= 4 is 17.7 Å². The molecule has 27 heavy (non-hydrogen) atoms. The van der Waals surface area contributed by atoms with Gasteiger partial charge in [-0.3, -0.25) is 19.7 Å². The number of rotatable bonds is 6. The minimum atomic E-state index is -0.562. The second-order valence-corrected chi connectivity index (χ2v) is 8.27. The summed E-state index contributed by atoms with van der Waals surface area (Å²) in [4.78, 5) is 40.2. The lowest BCUT2D eigenvalue weighted by atomic mass is 10.0. The number of fused-ring (bicyclic) bond motifs is 1. The standard InChI is InChI=1S/C20H26N4O3/c1-23(12-20(11-21)6-7-20)9-13-2-3-14-10-24(19(27)15(14)8-13)16-4-5-17(25)22-18(16)26/h2-3,8,16H,4-7,9-12,21H2,1H3,(H,22,25,26). The second-order valence-electron chi connectivity index (χ2n) is 8.27. The van der Waals surface area contributed by atoms with Crippen LogP contribution in [0.15, 0.2) is 18.2 Å². The highest BCUT2D eigenvalue weighted by atomic mass is 16.2. The zero-order valence-corrected chi connectivity index (χ0v) is 15.7. The Morgan fingerprint density at radius 3 is 2.74 bits per heavy atom. The first-order valence-corrected chi connectivity index (χ1v) is 9.56. The summed E-state index contributed by atoms with van der Waals surface area (Å²) in [5.41, 5.74) is 8.86. The topological polar surface area (TPSA) is 95.7 Å². The van der Waals surface area contributed by atoms with Crippen LogP contribution >= 0.6 is 0 Å². The fourth-order valence-electron chi connectivity index (χ4n) is 4.24. The minimum Gasteiger partial charge on any atom is -0.330 e. The largest absolute Gasteiger partial charge is 0.330 e. The molecule has 1 aromatic rings. The summed E-state index contributed by atoms with van der Waals surface area (Å²) < 4.78 is 0. The van der Waals surface area contributed by atoms with Gasteiger partial charge in [0.25, 0.3) is 5.91 Å². The van der Waals surface area contributed by atoms with Gasteiger partial charge in [-0.25, -0.2) is 0 Å². The molecular weight excluding hydrogens is 344 g/mol. The number of piperidine rings is 1. The molecule has 144 valence electrons. The first-order valence-electron chi connectivity index (χ1n) is 9.56. The molecule has 1 aromatic carbocycles. The van der Waals surface area contributed by atoms with E-state index in [2.05, 4.69) is 23.3 Å². The van der Waals surface area contributed by atoms with Crippen LogP contribution in [-0.4, -0.2) is 53.7 Å². The lowest BCUT2D eigenvalue weighted by Crippen LogP contribution is -2.52. The summed E-state index contributed by atoms with van der Waals surface area (Å²) in [7, 11) is 2.08. The Kier molecular flexibility index (Phi) is 4.52. The molecule has 1 saturated carbocycles. The van der Waals surface area contributed by atoms with Crippen molar-refractivity contribution in [3.05, 3.63) is 34.9 Å². The number of hydrogen-bond acceptors (Lipinski definition) is 5. The van der Waals surface area contributed by atoms with Crippen molar-refractivity contribution < 1.29 is 14.4 Å². The van der Waals surface area contributed by atoms with E-state index in [-0.39, 0.29) is 29.6 Å². The van der Waals surface area contributed by atoms with Gasteiger partial charge in [0.15, 0.2) is 0 Å². The predicted octanol–water partition coefficient (Wildman–Crippen LogP) is 0.618. The lowest BCUT2D eigenvalue weighted by molar-refractivity contribution is -0.136. The van der Waals surface area contributed by atoms with Crippen LogP contribution < -0.4 is 11.1 Å². The summed E-state index contributed by atoms with van der Waals surface area (Å²) in [5.74, 6) is -0.759. The predicted molar refractivity (Wildman–Crippen MR) is 99.5 cm³/mol. The Morgan fingerprint density at radius 1 is 1.30 bits per heavy atom. The van der Waals surface area contributed by atoms with Gasteiger partial charge in [0.05, 0.1) is 0 Å². The van der Waals surface area contributed by atoms with Crippen LogP contribution in [0.3, 0.4) is 0 Å². The Bertz CT molecular complexity index is 802. The average Bonchev–Trinajstić information content (AvgIpc) is 3.33. The smallest absolute Gasteiger partial charge is 0.255 e. The summed E-state index contributed by atoms with van der Waals surface area (Å²) >= 11 is 0. The van der Waals surface area contributed by atoms with Gasteiger partial charge in [0, 0.05) is 31.6 Å². The van der Waals surface area contributed by atoms with E-state index >= 15 is 0 Å². The number of benzene rings is 1. The van der Waals surface area contributed by atoms with Crippen molar-refractivity contribution in [2.45, 2.75) is 44.8 Å². The van der Waals surface area contributed by atoms with Crippen LogP contribution in [-0.2, 0) is 22.7 Å². The lowest BCUT2D eigenvalue weighted by Gasteiger charge is -2.29. The molecule has 3 amide bonds. The molecule has 1 atom stereocenters. The molecule has 2 heterocycles. The molecule has 0 aromatic heterocycles. The molecule has 1 aliphatic carbocycles. The first-order chi connectivity index (χ1) is 12.9. The molecular formula is C20H26N4O3. The second kappa shape index (κ2) is 6.73. The summed E-state index contributed by atoms with van der Waals surface area (Å²) in [6.45, 7) is 2.88. The monoisotopic (exact) mass is 370 g/mol. The van der Waals surface area contributed by atoms with Gasteiger partial charge >= 0.3 is 0 Å². The van der Waals surface area contributed by atoms with E-state index in [0.717, 1.165) is 30.8 Å². The molecule has 1 saturated heterocycles. The molecule has 3 aliphatic rings. The molecule has 0 radical (unpaired) electrons. The number of nitrogens with two attached hydrogens (primary N) is 1. The fraction of sp³-hybridized carbons (Fsp3) is 0.550. The number of carbonyl (C=O) groups excluding carboxylic acids is 3. The number of hydrogen-bond donors (Lipinski definition) is 2. The molecule has 1 unspecified atom stereocenters. The zero-order chi connectivity index (χ0) is 19.2. The molecule has 7 heteroatoms. The van der Waals surface area contributed by atoms with Crippen molar-refractivity contribution in [1.29, 1.82) is 0 Å². The van der Waals surface area contributed by atoms with Gasteiger partial charge < -0.3 is 15.5 Å². The number of nitrogens with zero attached hydrogens (tertiary/aromatic N) is 2. The van der Waals surface area contributed by atoms with Gasteiger partial charge in [-0.2, -0.15) is 0 Å². The maximum atomic E-state index is 12.9. The van der Waals surface area contributed by atoms with Crippen LogP contribution in [0.25, 0.3) is 0 Å². The Morgan fingerprint density at radius 2 is 2.07 bits per heavy atom. The Hall–Kier alpha value is -2.25. The van der Waals surface area contributed by atoms with Crippen LogP contribution in [0.5, 0.6) is 0 Å². The molecule has 7 nitrogen and oxygen atoms in total. The fourth-order valence-corrected chi connectivity index (χ4v) is 4.24. The van der Waals surface area contributed by atoms with E-state index in [1.807, 2.05) is 12.1 Å². The number of amides is 3. The van der Waals surface area contributed by atoms with Crippen LogP contribution in [0.4, 0.5) is 0 Å². The molecule has 2 fully saturated rings. The quantitative estimate of drug-likeness (QED) is 0.716. The van der Waals surface area contributed by atoms with Crippen LogP contribution in [0.2, 0.25) is 0 Å². The van der Waals surface area contributed by atoms with Crippen LogP contribution in [0, 0.1) is 5.41 Å². The van der Waals surface area contributed by atoms with Crippen LogP contribution in [0.1, 0.15) is 47.2 Å². The number of imide groups is 1. The summed E-state index contributed by atoms with van der Waals surface area (Å²) in [5, 5.41) is 2.34. The van der Waals surface area contributed by atoms with Gasteiger partial charge in [-0.05, 0) is 55.5 Å². The average molecular weight is 370 g/mol. The maximum absolute atomic E-state index is 12.9. The van der Waals surface area contributed by atoms with Crippen molar-refractivity contribution in [2.75, 3.05) is 20.1 Å². The van der Waals surface area contributed by atoms with Gasteiger partial charge in [0.1, 0.15) is 6.04 Å². The van der Waals surface area contributed by atoms with E-state index in [9.17, 15) is 14.4 Å². The number of nitrogens with one attached hydrogen (secondary N) is 1. The zero-order valence-electron chi connectivity index (χ0n) is 15.7. The van der Waals surface area contributed by atoms with E-state index in [1.165, 1.54) is 12.8 Å². The van der Waals surface area contributed by atoms with Crippen molar-refractivity contribution in [3.8, 4) is 0 Å². The Labute approximate surface area is 158 Å². The van der Waals surface area contributed by atoms with E-state index < -0.39 is 6.04 Å². The van der Waals surface area contributed by atoms with Gasteiger partial charge in [-0.1, -0.05) is 12.1 Å². The molecule has 2 aliphatic heterocycles. The Balaban J connectivity index is 1.45. The third kappa shape index (κ3) is 3.49. The molecule has 0 bridgehead atoms. The molecule has 4 rings (SSSR count). The summed E-state index contributed by atoms with van der Waals surface area (Å²) in [6.07, 6.45) is 3.05. The molecule has 3 N–H and O–H groups in total. The summed E-state index contributed by atoms with van der Waals surface area (Å²) in [6, 6.07) is 5.42.